The fraction of sp³-hybridized carbons (Fsp3) is 0.400. The molecule has 0 fully saturated rings. The van der Waals surface area contributed by atoms with Gasteiger partial charge in [0, 0.05) is 16.3 Å². The monoisotopic (exact) mass is 323 g/mol. The van der Waals surface area contributed by atoms with Gasteiger partial charge in [-0.1, -0.05) is 12.1 Å². The largest absolute Gasteiger partial charge is 0.383 e. The molecule has 21 heavy (non-hydrogen) atoms. The van der Waals surface area contributed by atoms with Crippen LogP contribution in [-0.2, 0) is 12.1 Å². The van der Waals surface area contributed by atoms with Crippen LogP contribution in [0.15, 0.2) is 40.0 Å². The van der Waals surface area contributed by atoms with Crippen molar-refractivity contribution in [2.45, 2.75) is 26.0 Å². The Balaban J connectivity index is 1.95. The average molecular weight is 323 g/mol. The molecule has 0 aliphatic rings. The summed E-state index contributed by atoms with van der Waals surface area (Å²) in [5.41, 5.74) is -0.896. The van der Waals surface area contributed by atoms with Gasteiger partial charge in [0.05, 0.1) is 13.1 Å². The predicted octanol–water partition coefficient (Wildman–Crippen LogP) is 2.77. The highest BCUT2D eigenvalue weighted by Crippen LogP contribution is 2.24. The van der Waals surface area contributed by atoms with E-state index in [4.69, 9.17) is 0 Å². The van der Waals surface area contributed by atoms with E-state index in [1.54, 1.807) is 22.7 Å². The first-order valence-electron chi connectivity index (χ1n) is 6.93. The first-order chi connectivity index (χ1) is 10.1. The topological polar surface area (TPSA) is 56.7 Å². The van der Waals surface area contributed by atoms with Gasteiger partial charge in [0.15, 0.2) is 5.96 Å². The van der Waals surface area contributed by atoms with Gasteiger partial charge >= 0.3 is 0 Å². The van der Waals surface area contributed by atoms with Crippen LogP contribution in [-0.4, -0.2) is 24.2 Å². The molecule has 2 rings (SSSR count). The summed E-state index contributed by atoms with van der Waals surface area (Å²) in [5.74, 6) is 0.725. The van der Waals surface area contributed by atoms with Crippen LogP contribution in [0.3, 0.4) is 0 Å². The van der Waals surface area contributed by atoms with E-state index < -0.39 is 5.60 Å². The van der Waals surface area contributed by atoms with Crippen molar-refractivity contribution in [3.8, 4) is 0 Å². The highest BCUT2D eigenvalue weighted by molar-refractivity contribution is 7.10. The molecule has 1 unspecified atom stereocenters. The maximum absolute atomic E-state index is 10.5. The SMILES string of the molecule is CCNC(=NCc1cccs1)NCC(C)(O)c1cccs1. The van der Waals surface area contributed by atoms with Gasteiger partial charge in [-0.25, -0.2) is 4.99 Å². The predicted molar refractivity (Wildman–Crippen MR) is 91.0 cm³/mol. The molecule has 114 valence electrons. The average Bonchev–Trinajstić information content (AvgIpc) is 3.14. The van der Waals surface area contributed by atoms with E-state index in [0.29, 0.717) is 13.1 Å². The summed E-state index contributed by atoms with van der Waals surface area (Å²) in [6, 6.07) is 7.99. The number of guanidine groups is 1. The molecule has 0 aromatic carbocycles. The molecular formula is C15H21N3OS2. The van der Waals surface area contributed by atoms with E-state index in [1.165, 1.54) is 4.88 Å². The van der Waals surface area contributed by atoms with Crippen molar-refractivity contribution in [3.05, 3.63) is 44.8 Å². The maximum Gasteiger partial charge on any atom is 0.191 e. The van der Waals surface area contributed by atoms with E-state index in [2.05, 4.69) is 21.7 Å². The first-order valence-corrected chi connectivity index (χ1v) is 8.68. The smallest absolute Gasteiger partial charge is 0.191 e. The second-order valence-corrected chi connectivity index (χ2v) is 6.86. The van der Waals surface area contributed by atoms with Crippen LogP contribution in [0.4, 0.5) is 0 Å². The molecule has 0 amide bonds. The summed E-state index contributed by atoms with van der Waals surface area (Å²) in [5, 5.41) is 20.9. The Kier molecular flexibility index (Phi) is 5.78. The molecule has 2 heterocycles. The third kappa shape index (κ3) is 4.84. The minimum absolute atomic E-state index is 0.420. The number of hydrogen-bond donors (Lipinski definition) is 3. The Morgan fingerprint density at radius 3 is 2.62 bits per heavy atom. The molecule has 4 nitrogen and oxygen atoms in total. The van der Waals surface area contributed by atoms with E-state index in [0.717, 1.165) is 17.4 Å². The molecule has 0 radical (unpaired) electrons. The van der Waals surface area contributed by atoms with Crippen LogP contribution in [0.2, 0.25) is 0 Å². The minimum atomic E-state index is -0.896. The summed E-state index contributed by atoms with van der Waals surface area (Å²) in [7, 11) is 0. The third-order valence-corrected chi connectivity index (χ3v) is 4.95. The van der Waals surface area contributed by atoms with Crippen molar-refractivity contribution in [1.29, 1.82) is 0 Å². The molecule has 1 atom stereocenters. The molecule has 0 spiro atoms. The van der Waals surface area contributed by atoms with Crippen molar-refractivity contribution < 1.29 is 5.11 Å². The molecule has 2 aromatic heterocycles. The van der Waals surface area contributed by atoms with Gasteiger partial charge in [-0.3, -0.25) is 0 Å². The van der Waals surface area contributed by atoms with Gasteiger partial charge in [0.25, 0.3) is 0 Å². The number of rotatable bonds is 6. The summed E-state index contributed by atoms with van der Waals surface area (Å²) >= 11 is 3.25. The molecule has 0 bridgehead atoms. The van der Waals surface area contributed by atoms with Crippen LogP contribution >= 0.6 is 22.7 Å². The number of thiophene rings is 2. The number of nitrogens with zero attached hydrogens (tertiary/aromatic N) is 1. The lowest BCUT2D eigenvalue weighted by atomic mass is 10.1. The third-order valence-electron chi connectivity index (χ3n) is 2.97. The number of hydrogen-bond acceptors (Lipinski definition) is 4. The second kappa shape index (κ2) is 7.59. The lowest BCUT2D eigenvalue weighted by molar-refractivity contribution is 0.0655. The van der Waals surface area contributed by atoms with Gasteiger partial charge in [-0.2, -0.15) is 0 Å². The van der Waals surface area contributed by atoms with Crippen LogP contribution in [0, 0.1) is 0 Å². The Labute approximate surface area is 133 Å². The van der Waals surface area contributed by atoms with Gasteiger partial charge in [0.2, 0.25) is 0 Å². The Bertz CT molecular complexity index is 548. The second-order valence-electron chi connectivity index (χ2n) is 4.88. The Morgan fingerprint density at radius 2 is 2.00 bits per heavy atom. The zero-order chi connectivity index (χ0) is 15.1. The summed E-state index contributed by atoms with van der Waals surface area (Å²) < 4.78 is 0. The fourth-order valence-electron chi connectivity index (χ4n) is 1.83. The quantitative estimate of drug-likeness (QED) is 0.566. The van der Waals surface area contributed by atoms with Crippen LogP contribution in [0.25, 0.3) is 0 Å². The first kappa shape index (κ1) is 16.0. The van der Waals surface area contributed by atoms with Gasteiger partial charge in [-0.15, -0.1) is 22.7 Å². The van der Waals surface area contributed by atoms with Crippen LogP contribution in [0.5, 0.6) is 0 Å². The number of nitrogens with one attached hydrogen (secondary N) is 2. The van der Waals surface area contributed by atoms with Gasteiger partial charge in [0.1, 0.15) is 5.60 Å². The molecule has 0 aliphatic carbocycles. The molecular weight excluding hydrogens is 302 g/mol. The normalized spacial score (nSPS) is 14.7. The zero-order valence-electron chi connectivity index (χ0n) is 12.3. The lowest BCUT2D eigenvalue weighted by Crippen LogP contribution is -2.44. The molecule has 6 heteroatoms. The highest BCUT2D eigenvalue weighted by Gasteiger charge is 2.24. The summed E-state index contributed by atoms with van der Waals surface area (Å²) in [6.07, 6.45) is 0. The maximum atomic E-state index is 10.5. The van der Waals surface area contributed by atoms with E-state index in [-0.39, 0.29) is 0 Å². The minimum Gasteiger partial charge on any atom is -0.383 e. The van der Waals surface area contributed by atoms with Crippen molar-refractivity contribution in [2.75, 3.05) is 13.1 Å². The van der Waals surface area contributed by atoms with Gasteiger partial charge in [-0.05, 0) is 36.7 Å². The lowest BCUT2D eigenvalue weighted by Gasteiger charge is -2.23. The van der Waals surface area contributed by atoms with E-state index >= 15 is 0 Å². The van der Waals surface area contributed by atoms with E-state index in [9.17, 15) is 5.11 Å². The summed E-state index contributed by atoms with van der Waals surface area (Å²) in [6.45, 7) is 5.70. The van der Waals surface area contributed by atoms with Crippen molar-refractivity contribution in [1.82, 2.24) is 10.6 Å². The van der Waals surface area contributed by atoms with Gasteiger partial charge < -0.3 is 15.7 Å². The molecule has 0 saturated carbocycles. The van der Waals surface area contributed by atoms with Crippen molar-refractivity contribution in [2.24, 2.45) is 4.99 Å². The molecule has 3 N–H and O–H groups in total. The molecule has 0 saturated heterocycles. The van der Waals surface area contributed by atoms with Crippen molar-refractivity contribution in [3.63, 3.8) is 0 Å². The van der Waals surface area contributed by atoms with Crippen LogP contribution in [0.1, 0.15) is 23.6 Å². The highest BCUT2D eigenvalue weighted by atomic mass is 32.1. The number of aliphatic hydroxyl groups is 1. The molecule has 0 aliphatic heterocycles. The Morgan fingerprint density at radius 1 is 1.24 bits per heavy atom. The number of aliphatic imine (C=N–C) groups is 1. The van der Waals surface area contributed by atoms with Crippen molar-refractivity contribution >= 4 is 28.6 Å². The van der Waals surface area contributed by atoms with Crippen LogP contribution < -0.4 is 10.6 Å². The zero-order valence-corrected chi connectivity index (χ0v) is 13.9. The summed E-state index contributed by atoms with van der Waals surface area (Å²) in [4.78, 5) is 6.71. The molecule has 2 aromatic rings. The van der Waals surface area contributed by atoms with E-state index in [1.807, 2.05) is 42.8 Å². The Hall–Kier alpha value is -1.37. The standard InChI is InChI=1S/C15H21N3OS2/c1-3-16-14(17-10-12-6-4-8-20-12)18-11-15(2,19)13-7-5-9-21-13/h4-9,19H,3,10-11H2,1-2H3,(H2,16,17,18). The fourth-order valence-corrected chi connectivity index (χ4v) is 3.24.